The van der Waals surface area contributed by atoms with Crippen molar-refractivity contribution < 1.29 is 9.18 Å². The highest BCUT2D eigenvalue weighted by Gasteiger charge is 2.22. The van der Waals surface area contributed by atoms with Crippen molar-refractivity contribution in [2.75, 3.05) is 13.1 Å². The zero-order valence-corrected chi connectivity index (χ0v) is 8.90. The third-order valence-electron chi connectivity index (χ3n) is 2.72. The van der Waals surface area contributed by atoms with Crippen molar-refractivity contribution in [1.29, 1.82) is 0 Å². The number of piperidine rings is 1. The number of likely N-dealkylation sites (tertiary alicyclic amines) is 1. The molecule has 1 aromatic heterocycles. The molecule has 0 spiro atoms. The predicted molar refractivity (Wildman–Crippen MR) is 57.3 cm³/mol. The molecule has 4 nitrogen and oxygen atoms in total. The van der Waals surface area contributed by atoms with Gasteiger partial charge in [-0.05, 0) is 25.0 Å². The van der Waals surface area contributed by atoms with E-state index < -0.39 is 5.95 Å². The summed E-state index contributed by atoms with van der Waals surface area (Å²) in [6.07, 6.45) is 3.13. The molecule has 2 heterocycles. The molecule has 2 N–H and O–H groups in total. The van der Waals surface area contributed by atoms with Crippen LogP contribution in [0.3, 0.4) is 0 Å². The summed E-state index contributed by atoms with van der Waals surface area (Å²) in [5.74, 6) is -0.699. The van der Waals surface area contributed by atoms with Gasteiger partial charge in [-0.25, -0.2) is 4.98 Å². The molecule has 1 aliphatic rings. The summed E-state index contributed by atoms with van der Waals surface area (Å²) >= 11 is 0. The number of halogens is 1. The summed E-state index contributed by atoms with van der Waals surface area (Å²) in [7, 11) is 0. The fraction of sp³-hybridized carbons (Fsp3) is 0.455. The van der Waals surface area contributed by atoms with Gasteiger partial charge in [-0.3, -0.25) is 4.79 Å². The van der Waals surface area contributed by atoms with Gasteiger partial charge in [0.05, 0.1) is 5.56 Å². The molecule has 5 heteroatoms. The Balaban J connectivity index is 2.09. The second-order valence-electron chi connectivity index (χ2n) is 4.02. The van der Waals surface area contributed by atoms with Crippen LogP contribution in [0, 0.1) is 5.95 Å². The van der Waals surface area contributed by atoms with Crippen molar-refractivity contribution in [3.8, 4) is 0 Å². The Labute approximate surface area is 93.3 Å². The highest BCUT2D eigenvalue weighted by molar-refractivity contribution is 5.93. The Kier molecular flexibility index (Phi) is 3.14. The van der Waals surface area contributed by atoms with Crippen molar-refractivity contribution in [2.45, 2.75) is 18.9 Å². The van der Waals surface area contributed by atoms with E-state index in [1.54, 1.807) is 4.90 Å². The summed E-state index contributed by atoms with van der Waals surface area (Å²) in [5, 5.41) is 0. The van der Waals surface area contributed by atoms with Gasteiger partial charge in [-0.15, -0.1) is 0 Å². The maximum absolute atomic E-state index is 12.6. The number of hydrogen-bond acceptors (Lipinski definition) is 3. The number of amides is 1. The molecule has 1 aromatic rings. The van der Waals surface area contributed by atoms with Crippen molar-refractivity contribution in [1.82, 2.24) is 9.88 Å². The van der Waals surface area contributed by atoms with E-state index in [-0.39, 0.29) is 11.9 Å². The number of nitrogens with two attached hydrogens (primary N) is 1. The first-order valence-corrected chi connectivity index (χ1v) is 5.33. The topological polar surface area (TPSA) is 59.2 Å². The molecule has 0 radical (unpaired) electrons. The number of hydrogen-bond donors (Lipinski definition) is 1. The summed E-state index contributed by atoms with van der Waals surface area (Å²) in [4.78, 5) is 17.1. The van der Waals surface area contributed by atoms with Crippen LogP contribution < -0.4 is 5.73 Å². The van der Waals surface area contributed by atoms with Crippen LogP contribution in [0.4, 0.5) is 4.39 Å². The summed E-state index contributed by atoms with van der Waals surface area (Å²) in [6, 6.07) is 2.69. The third-order valence-corrected chi connectivity index (χ3v) is 2.72. The normalized spacial score (nSPS) is 20.9. The van der Waals surface area contributed by atoms with E-state index in [1.807, 2.05) is 0 Å². The van der Waals surface area contributed by atoms with Crippen molar-refractivity contribution >= 4 is 5.91 Å². The van der Waals surface area contributed by atoms with Gasteiger partial charge in [0.15, 0.2) is 0 Å². The standard InChI is InChI=1S/C11H14FN3O/c12-10-4-3-8(6-14-10)11(16)15-5-1-2-9(13)7-15/h3-4,6,9H,1-2,5,7,13H2. The van der Waals surface area contributed by atoms with Crippen LogP contribution in [0.2, 0.25) is 0 Å². The molecule has 16 heavy (non-hydrogen) atoms. The molecule has 0 bridgehead atoms. The molecule has 1 amide bonds. The smallest absolute Gasteiger partial charge is 0.255 e. The molecule has 2 rings (SSSR count). The van der Waals surface area contributed by atoms with E-state index in [0.717, 1.165) is 12.8 Å². The summed E-state index contributed by atoms with van der Waals surface area (Å²) in [6.45, 7) is 1.28. The molecule has 0 aliphatic carbocycles. The zero-order valence-electron chi connectivity index (χ0n) is 8.90. The van der Waals surface area contributed by atoms with E-state index in [9.17, 15) is 9.18 Å². The van der Waals surface area contributed by atoms with Gasteiger partial charge in [-0.1, -0.05) is 0 Å². The minimum Gasteiger partial charge on any atom is -0.337 e. The predicted octanol–water partition coefficient (Wildman–Crippen LogP) is 0.784. The monoisotopic (exact) mass is 223 g/mol. The van der Waals surface area contributed by atoms with Gasteiger partial charge in [-0.2, -0.15) is 4.39 Å². The molecule has 86 valence electrons. The van der Waals surface area contributed by atoms with E-state index in [1.165, 1.54) is 18.3 Å². The zero-order chi connectivity index (χ0) is 11.5. The number of nitrogens with zero attached hydrogens (tertiary/aromatic N) is 2. The number of aromatic nitrogens is 1. The largest absolute Gasteiger partial charge is 0.337 e. The second kappa shape index (κ2) is 4.57. The lowest BCUT2D eigenvalue weighted by Crippen LogP contribution is -2.45. The molecule has 1 unspecified atom stereocenters. The maximum atomic E-state index is 12.6. The highest BCUT2D eigenvalue weighted by Crippen LogP contribution is 2.12. The van der Waals surface area contributed by atoms with Gasteiger partial charge in [0.25, 0.3) is 5.91 Å². The Bertz CT molecular complexity index is 379. The van der Waals surface area contributed by atoms with E-state index in [2.05, 4.69) is 4.98 Å². The maximum Gasteiger partial charge on any atom is 0.255 e. The van der Waals surface area contributed by atoms with Crippen LogP contribution in [0.1, 0.15) is 23.2 Å². The van der Waals surface area contributed by atoms with Crippen LogP contribution in [0.15, 0.2) is 18.3 Å². The number of carbonyl (C=O) groups is 1. The number of carbonyl (C=O) groups excluding carboxylic acids is 1. The van der Waals surface area contributed by atoms with Crippen molar-refractivity contribution in [3.63, 3.8) is 0 Å². The lowest BCUT2D eigenvalue weighted by Gasteiger charge is -2.30. The fourth-order valence-electron chi connectivity index (χ4n) is 1.88. The molecule has 0 saturated carbocycles. The fourth-order valence-corrected chi connectivity index (χ4v) is 1.88. The molecule has 1 saturated heterocycles. The Morgan fingerprint density at radius 1 is 1.56 bits per heavy atom. The first-order chi connectivity index (χ1) is 7.66. The Morgan fingerprint density at radius 2 is 2.38 bits per heavy atom. The van der Waals surface area contributed by atoms with Crippen LogP contribution in [-0.2, 0) is 0 Å². The first-order valence-electron chi connectivity index (χ1n) is 5.33. The van der Waals surface area contributed by atoms with E-state index in [4.69, 9.17) is 5.73 Å². The lowest BCUT2D eigenvalue weighted by atomic mass is 10.1. The Hall–Kier alpha value is -1.49. The second-order valence-corrected chi connectivity index (χ2v) is 4.02. The molecule has 0 aromatic carbocycles. The van der Waals surface area contributed by atoms with E-state index >= 15 is 0 Å². The van der Waals surface area contributed by atoms with Crippen molar-refractivity contribution in [3.05, 3.63) is 29.8 Å². The van der Waals surface area contributed by atoms with Crippen LogP contribution in [0.25, 0.3) is 0 Å². The molecular weight excluding hydrogens is 209 g/mol. The molecular formula is C11H14FN3O. The van der Waals surface area contributed by atoms with Gasteiger partial charge < -0.3 is 10.6 Å². The Morgan fingerprint density at radius 3 is 3.00 bits per heavy atom. The van der Waals surface area contributed by atoms with Crippen molar-refractivity contribution in [2.24, 2.45) is 5.73 Å². The average Bonchev–Trinajstić information content (AvgIpc) is 2.29. The quantitative estimate of drug-likeness (QED) is 0.716. The van der Waals surface area contributed by atoms with Crippen LogP contribution >= 0.6 is 0 Å². The third kappa shape index (κ3) is 2.36. The lowest BCUT2D eigenvalue weighted by molar-refractivity contribution is 0.0708. The number of pyridine rings is 1. The SMILES string of the molecule is NC1CCCN(C(=O)c2ccc(F)nc2)C1. The van der Waals surface area contributed by atoms with Gasteiger partial charge in [0, 0.05) is 25.3 Å². The van der Waals surface area contributed by atoms with Crippen LogP contribution in [-0.4, -0.2) is 34.9 Å². The first kappa shape index (κ1) is 11.0. The van der Waals surface area contributed by atoms with E-state index in [0.29, 0.717) is 18.7 Å². The van der Waals surface area contributed by atoms with Crippen LogP contribution in [0.5, 0.6) is 0 Å². The molecule has 1 aliphatic heterocycles. The number of rotatable bonds is 1. The minimum atomic E-state index is -0.577. The van der Waals surface area contributed by atoms with Gasteiger partial charge >= 0.3 is 0 Å². The van der Waals surface area contributed by atoms with Gasteiger partial charge in [0.2, 0.25) is 5.95 Å². The molecule has 1 atom stereocenters. The average molecular weight is 223 g/mol. The minimum absolute atomic E-state index is 0.0473. The highest BCUT2D eigenvalue weighted by atomic mass is 19.1. The van der Waals surface area contributed by atoms with Gasteiger partial charge in [0.1, 0.15) is 0 Å². The summed E-state index contributed by atoms with van der Waals surface area (Å²) < 4.78 is 12.6. The summed E-state index contributed by atoms with van der Waals surface area (Å²) in [5.41, 5.74) is 6.21. The molecule has 1 fully saturated rings.